The van der Waals surface area contributed by atoms with Gasteiger partial charge in [-0.25, -0.2) is 13.1 Å². The van der Waals surface area contributed by atoms with E-state index in [9.17, 15) is 13.2 Å². The molecule has 172 valence electrons. The zero-order valence-corrected chi connectivity index (χ0v) is 19.9. The van der Waals surface area contributed by atoms with Gasteiger partial charge in [-0.2, -0.15) is 10.2 Å². The summed E-state index contributed by atoms with van der Waals surface area (Å²) in [6, 6.07) is 13.3. The van der Waals surface area contributed by atoms with Crippen LogP contribution in [-0.4, -0.2) is 25.6 Å². The number of aryl methyl sites for hydroxylation is 2. The fourth-order valence-electron chi connectivity index (χ4n) is 3.71. The summed E-state index contributed by atoms with van der Waals surface area (Å²) in [5, 5.41) is 11.2. The lowest BCUT2D eigenvalue weighted by Crippen LogP contribution is -2.42. The first-order chi connectivity index (χ1) is 15.2. The lowest BCUT2D eigenvalue weighted by Gasteiger charge is -2.29. The first-order valence-corrected chi connectivity index (χ1v) is 12.6. The van der Waals surface area contributed by atoms with Gasteiger partial charge in [0.1, 0.15) is 0 Å². The maximum atomic E-state index is 12.8. The molecule has 1 aliphatic carbocycles. The summed E-state index contributed by atoms with van der Waals surface area (Å²) in [5.41, 5.74) is 4.28. The van der Waals surface area contributed by atoms with Crippen molar-refractivity contribution < 1.29 is 13.2 Å². The molecule has 0 bridgehead atoms. The van der Waals surface area contributed by atoms with E-state index in [-0.39, 0.29) is 17.9 Å². The third-order valence-electron chi connectivity index (χ3n) is 5.91. The summed E-state index contributed by atoms with van der Waals surface area (Å²) < 4.78 is 26.9. The van der Waals surface area contributed by atoms with Gasteiger partial charge in [-0.15, -0.1) is 0 Å². The van der Waals surface area contributed by atoms with Crippen LogP contribution in [0.3, 0.4) is 0 Å². The number of rotatable bonds is 7. The van der Waals surface area contributed by atoms with E-state index >= 15 is 0 Å². The minimum atomic E-state index is -3.29. The average molecular weight is 457 g/mol. The molecule has 1 fully saturated rings. The molecule has 0 aromatic heterocycles. The Hall–Kier alpha value is -2.58. The number of benzene rings is 2. The summed E-state index contributed by atoms with van der Waals surface area (Å²) in [6.45, 7) is 7.25. The minimum absolute atomic E-state index is 0.0208. The number of nitrogens with zero attached hydrogens (tertiary/aromatic N) is 2. The summed E-state index contributed by atoms with van der Waals surface area (Å²) in [4.78, 5) is 12.8. The Morgan fingerprint density at radius 1 is 0.969 bits per heavy atom. The molecular weight excluding hydrogens is 424 g/mol. The molecular formula is C24H32N4O3S. The van der Waals surface area contributed by atoms with Gasteiger partial charge in [0.25, 0.3) is 0 Å². The normalized spacial score (nSPS) is 19.4. The lowest BCUT2D eigenvalue weighted by molar-refractivity contribution is -0.120. The van der Waals surface area contributed by atoms with Gasteiger partial charge in [0, 0.05) is 17.6 Å². The highest BCUT2D eigenvalue weighted by Crippen LogP contribution is 2.29. The van der Waals surface area contributed by atoms with E-state index in [1.165, 1.54) is 0 Å². The van der Waals surface area contributed by atoms with Gasteiger partial charge in [-0.3, -0.25) is 4.79 Å². The third kappa shape index (κ3) is 6.23. The zero-order valence-electron chi connectivity index (χ0n) is 19.1. The Morgan fingerprint density at radius 3 is 2.28 bits per heavy atom. The van der Waals surface area contributed by atoms with E-state index < -0.39 is 15.3 Å². The van der Waals surface area contributed by atoms with Gasteiger partial charge in [-0.05, 0) is 88.8 Å². The molecule has 2 N–H and O–H groups in total. The second-order valence-corrected chi connectivity index (χ2v) is 11.0. The van der Waals surface area contributed by atoms with Crippen LogP contribution in [0.1, 0.15) is 50.7 Å². The first kappa shape index (κ1) is 24.1. The van der Waals surface area contributed by atoms with Crippen molar-refractivity contribution in [2.75, 3.05) is 5.32 Å². The number of anilines is 1. The maximum Gasteiger partial charge on any atom is 0.227 e. The Kier molecular flexibility index (Phi) is 7.79. The number of nitrogens with one attached hydrogen (secondary N) is 2. The monoisotopic (exact) mass is 456 g/mol. The van der Waals surface area contributed by atoms with Crippen molar-refractivity contribution in [1.29, 1.82) is 0 Å². The van der Waals surface area contributed by atoms with Crippen LogP contribution in [-0.2, 0) is 14.8 Å². The van der Waals surface area contributed by atoms with Gasteiger partial charge in [-0.1, -0.05) is 18.2 Å². The van der Waals surface area contributed by atoms with Gasteiger partial charge in [0.05, 0.1) is 16.6 Å². The minimum Gasteiger partial charge on any atom is -0.326 e. The van der Waals surface area contributed by atoms with E-state index in [4.69, 9.17) is 0 Å². The fraction of sp³-hybridized carbons (Fsp3) is 0.458. The van der Waals surface area contributed by atoms with Crippen LogP contribution < -0.4 is 10.0 Å². The van der Waals surface area contributed by atoms with Crippen molar-refractivity contribution in [1.82, 2.24) is 4.72 Å². The van der Waals surface area contributed by atoms with Crippen LogP contribution in [0.15, 0.2) is 52.7 Å². The molecule has 32 heavy (non-hydrogen) atoms. The molecule has 0 unspecified atom stereocenters. The third-order valence-corrected chi connectivity index (χ3v) is 7.81. The molecule has 1 saturated carbocycles. The number of amides is 1. The Balaban J connectivity index is 1.56. The largest absolute Gasteiger partial charge is 0.326 e. The second kappa shape index (κ2) is 10.4. The summed E-state index contributed by atoms with van der Waals surface area (Å²) >= 11 is 0. The van der Waals surface area contributed by atoms with E-state index in [1.54, 1.807) is 13.8 Å². The fourth-order valence-corrected chi connectivity index (χ4v) is 4.69. The molecule has 0 atom stereocenters. The molecule has 7 nitrogen and oxygen atoms in total. The van der Waals surface area contributed by atoms with Crippen molar-refractivity contribution in [3.8, 4) is 0 Å². The van der Waals surface area contributed by atoms with Gasteiger partial charge in [0.15, 0.2) is 0 Å². The van der Waals surface area contributed by atoms with Crippen molar-refractivity contribution in [2.24, 2.45) is 16.1 Å². The predicted octanol–water partition coefficient (Wildman–Crippen LogP) is 5.54. The molecule has 2 aromatic carbocycles. The highest BCUT2D eigenvalue weighted by Gasteiger charge is 2.29. The highest BCUT2D eigenvalue weighted by atomic mass is 32.2. The number of carbonyl (C=O) groups excluding carboxylic acids is 1. The van der Waals surface area contributed by atoms with Crippen molar-refractivity contribution >= 4 is 33.0 Å². The van der Waals surface area contributed by atoms with Crippen molar-refractivity contribution in [3.63, 3.8) is 0 Å². The number of carbonyl (C=O) groups is 1. The molecule has 2 aromatic rings. The van der Waals surface area contributed by atoms with E-state index in [2.05, 4.69) is 20.3 Å². The molecule has 3 rings (SSSR count). The molecule has 1 amide bonds. The zero-order chi connectivity index (χ0) is 23.3. The second-order valence-electron chi connectivity index (χ2n) is 8.74. The van der Waals surface area contributed by atoms with Crippen LogP contribution in [0, 0.1) is 19.8 Å². The van der Waals surface area contributed by atoms with E-state index in [0.717, 1.165) is 28.2 Å². The smallest absolute Gasteiger partial charge is 0.227 e. The predicted molar refractivity (Wildman–Crippen MR) is 128 cm³/mol. The standard InChI is InChI=1S/C24H32N4O3S/c1-16(2)32(30,31)28-20-11-9-19(10-12-20)24(29)25-22-14-13-21(15-18(22)4)26-27-23-8-6-5-7-17(23)3/h5-8,13-16,19-20,28H,9-12H2,1-4H3,(H,25,29)/b27-26+. The van der Waals surface area contributed by atoms with Crippen LogP contribution in [0.5, 0.6) is 0 Å². The summed E-state index contributed by atoms with van der Waals surface area (Å²) in [7, 11) is -3.29. The van der Waals surface area contributed by atoms with E-state index in [1.807, 2.05) is 56.3 Å². The SMILES string of the molecule is Cc1ccccc1/N=N/c1ccc(NC(=O)C2CCC(NS(=O)(=O)C(C)C)CC2)c(C)c1. The molecule has 0 spiro atoms. The Bertz CT molecular complexity index is 1090. The maximum absolute atomic E-state index is 12.8. The quantitative estimate of drug-likeness (QED) is 0.535. The molecule has 0 saturated heterocycles. The number of hydrogen-bond donors (Lipinski definition) is 2. The molecule has 8 heteroatoms. The van der Waals surface area contributed by atoms with Gasteiger partial charge in [0.2, 0.25) is 15.9 Å². The number of azo groups is 1. The van der Waals surface area contributed by atoms with Crippen LogP contribution >= 0.6 is 0 Å². The summed E-state index contributed by atoms with van der Waals surface area (Å²) in [5.74, 6) is -0.137. The van der Waals surface area contributed by atoms with Crippen LogP contribution in [0.4, 0.5) is 17.1 Å². The van der Waals surface area contributed by atoms with Crippen molar-refractivity contribution in [3.05, 3.63) is 53.6 Å². The van der Waals surface area contributed by atoms with E-state index in [0.29, 0.717) is 25.7 Å². The highest BCUT2D eigenvalue weighted by molar-refractivity contribution is 7.90. The Morgan fingerprint density at radius 2 is 1.66 bits per heavy atom. The van der Waals surface area contributed by atoms with Crippen molar-refractivity contribution in [2.45, 2.75) is 64.7 Å². The molecule has 0 heterocycles. The molecule has 1 aliphatic rings. The van der Waals surface area contributed by atoms with Crippen LogP contribution in [0.25, 0.3) is 0 Å². The Labute approximate surface area is 190 Å². The van der Waals surface area contributed by atoms with Gasteiger partial charge >= 0.3 is 0 Å². The summed E-state index contributed by atoms with van der Waals surface area (Å²) in [6.07, 6.45) is 2.67. The molecule has 0 radical (unpaired) electrons. The number of hydrogen-bond acceptors (Lipinski definition) is 5. The van der Waals surface area contributed by atoms with Gasteiger partial charge < -0.3 is 5.32 Å². The van der Waals surface area contributed by atoms with Crippen LogP contribution in [0.2, 0.25) is 0 Å². The lowest BCUT2D eigenvalue weighted by atomic mass is 9.86. The topological polar surface area (TPSA) is 100.0 Å². The first-order valence-electron chi connectivity index (χ1n) is 11.1. The molecule has 0 aliphatic heterocycles. The average Bonchev–Trinajstić information content (AvgIpc) is 2.75. The number of sulfonamides is 1.